The monoisotopic (exact) mass is 298 g/mol. The van der Waals surface area contributed by atoms with Crippen molar-refractivity contribution in [1.82, 2.24) is 9.97 Å². The van der Waals surface area contributed by atoms with Gasteiger partial charge in [0.05, 0.1) is 5.02 Å². The lowest BCUT2D eigenvalue weighted by Crippen LogP contribution is -2.15. The summed E-state index contributed by atoms with van der Waals surface area (Å²) in [6.45, 7) is 0.298. The fourth-order valence-corrected chi connectivity index (χ4v) is 2.52. The number of nitrogens with zero attached hydrogens (tertiary/aromatic N) is 2. The van der Waals surface area contributed by atoms with E-state index in [1.807, 2.05) is 0 Å². The highest BCUT2D eigenvalue weighted by atomic mass is 35.5. The van der Waals surface area contributed by atoms with Gasteiger partial charge >= 0.3 is 0 Å². The third-order valence-electron chi connectivity index (χ3n) is 2.30. The van der Waals surface area contributed by atoms with Crippen LogP contribution in [0.5, 0.6) is 0 Å². The minimum Gasteiger partial charge on any atom is -0.326 e. The molecule has 2 heterocycles. The van der Waals surface area contributed by atoms with Crippen LogP contribution in [0, 0.1) is 0 Å². The zero-order valence-corrected chi connectivity index (χ0v) is 11.3. The van der Waals surface area contributed by atoms with Crippen molar-refractivity contribution < 1.29 is 8.42 Å². The Hall–Kier alpha value is -1.70. The average molecular weight is 299 g/mol. The van der Waals surface area contributed by atoms with E-state index in [2.05, 4.69) is 14.7 Å². The normalized spacial score (nSPS) is 11.3. The predicted molar refractivity (Wildman–Crippen MR) is 72.2 cm³/mol. The number of pyridine rings is 2. The number of nitrogens with one attached hydrogen (secondary N) is 1. The van der Waals surface area contributed by atoms with Gasteiger partial charge in [0.2, 0.25) is 0 Å². The summed E-state index contributed by atoms with van der Waals surface area (Å²) in [5, 5.41) is 0.0936. The number of anilines is 1. The van der Waals surface area contributed by atoms with Crippen LogP contribution in [0.1, 0.15) is 5.56 Å². The van der Waals surface area contributed by atoms with Crippen LogP contribution < -0.4 is 10.5 Å². The lowest BCUT2D eigenvalue weighted by Gasteiger charge is -2.07. The Labute approximate surface area is 115 Å². The first-order valence-corrected chi connectivity index (χ1v) is 7.17. The lowest BCUT2D eigenvalue weighted by molar-refractivity contribution is 0.597. The molecular weight excluding hydrogens is 288 g/mol. The third-order valence-corrected chi connectivity index (χ3v) is 3.86. The maximum Gasteiger partial charge on any atom is 0.280 e. The molecule has 8 heteroatoms. The molecule has 2 aromatic rings. The number of hydrogen-bond donors (Lipinski definition) is 2. The zero-order valence-electron chi connectivity index (χ0n) is 9.75. The van der Waals surface area contributed by atoms with Gasteiger partial charge in [0.25, 0.3) is 10.0 Å². The molecule has 0 saturated carbocycles. The third kappa shape index (κ3) is 3.19. The summed E-state index contributed by atoms with van der Waals surface area (Å²) >= 11 is 5.84. The number of aromatic nitrogens is 2. The van der Waals surface area contributed by atoms with Gasteiger partial charge in [-0.05, 0) is 23.8 Å². The SMILES string of the molecule is NCc1ccc(S(=O)(=O)Nc2ncccc2Cl)nc1. The Morgan fingerprint density at radius 3 is 2.63 bits per heavy atom. The quantitative estimate of drug-likeness (QED) is 0.889. The first-order valence-electron chi connectivity index (χ1n) is 5.31. The van der Waals surface area contributed by atoms with Crippen LogP contribution in [0.2, 0.25) is 5.02 Å². The van der Waals surface area contributed by atoms with E-state index in [4.69, 9.17) is 17.3 Å². The van der Waals surface area contributed by atoms with Gasteiger partial charge in [-0.2, -0.15) is 8.42 Å². The number of sulfonamides is 1. The fourth-order valence-electron chi connectivity index (χ4n) is 1.33. The Bertz CT molecular complexity index is 673. The molecule has 6 nitrogen and oxygen atoms in total. The van der Waals surface area contributed by atoms with Crippen molar-refractivity contribution in [3.05, 3.63) is 47.2 Å². The van der Waals surface area contributed by atoms with Gasteiger partial charge in [0.15, 0.2) is 10.8 Å². The lowest BCUT2D eigenvalue weighted by atomic mass is 10.3. The molecule has 0 aliphatic carbocycles. The molecule has 0 fully saturated rings. The largest absolute Gasteiger partial charge is 0.326 e. The fraction of sp³-hybridized carbons (Fsp3) is 0.0909. The van der Waals surface area contributed by atoms with Crippen LogP contribution in [0.3, 0.4) is 0 Å². The van der Waals surface area contributed by atoms with Crippen LogP contribution in [0.4, 0.5) is 5.82 Å². The second-order valence-electron chi connectivity index (χ2n) is 3.65. The van der Waals surface area contributed by atoms with Crippen LogP contribution >= 0.6 is 11.6 Å². The van der Waals surface area contributed by atoms with Gasteiger partial charge in [-0.3, -0.25) is 4.72 Å². The molecule has 2 aromatic heterocycles. The Kier molecular flexibility index (Phi) is 3.98. The second-order valence-corrected chi connectivity index (χ2v) is 5.68. The number of hydrogen-bond acceptors (Lipinski definition) is 5. The summed E-state index contributed by atoms with van der Waals surface area (Å²) in [4.78, 5) is 7.70. The highest BCUT2D eigenvalue weighted by Gasteiger charge is 2.17. The number of halogens is 1. The van der Waals surface area contributed by atoms with E-state index < -0.39 is 10.0 Å². The molecule has 0 atom stereocenters. The molecule has 0 unspecified atom stereocenters. The minimum absolute atomic E-state index is 0.0638. The Morgan fingerprint density at radius 1 is 1.26 bits per heavy atom. The van der Waals surface area contributed by atoms with E-state index in [9.17, 15) is 8.42 Å². The topological polar surface area (TPSA) is 98.0 Å². The maximum atomic E-state index is 12.0. The van der Waals surface area contributed by atoms with E-state index >= 15 is 0 Å². The van der Waals surface area contributed by atoms with Gasteiger partial charge in [-0.1, -0.05) is 17.7 Å². The number of rotatable bonds is 4. The number of nitrogens with two attached hydrogens (primary N) is 1. The molecule has 0 spiro atoms. The van der Waals surface area contributed by atoms with Crippen molar-refractivity contribution in [3.8, 4) is 0 Å². The first-order chi connectivity index (χ1) is 9.03. The van der Waals surface area contributed by atoms with Crippen LogP contribution in [-0.4, -0.2) is 18.4 Å². The zero-order chi connectivity index (χ0) is 13.9. The molecule has 2 rings (SSSR count). The summed E-state index contributed by atoms with van der Waals surface area (Å²) in [5.41, 5.74) is 6.17. The maximum absolute atomic E-state index is 12.0. The van der Waals surface area contributed by atoms with Crippen LogP contribution in [0.25, 0.3) is 0 Å². The Balaban J connectivity index is 2.30. The van der Waals surface area contributed by atoms with Crippen molar-refractivity contribution in [2.75, 3.05) is 4.72 Å². The van der Waals surface area contributed by atoms with Gasteiger partial charge in [-0.15, -0.1) is 0 Å². The molecule has 19 heavy (non-hydrogen) atoms. The van der Waals surface area contributed by atoms with Crippen molar-refractivity contribution in [2.24, 2.45) is 5.73 Å². The van der Waals surface area contributed by atoms with Gasteiger partial charge in [-0.25, -0.2) is 9.97 Å². The molecule has 0 aromatic carbocycles. The predicted octanol–water partition coefficient (Wildman–Crippen LogP) is 1.39. The van der Waals surface area contributed by atoms with Crippen LogP contribution in [-0.2, 0) is 16.6 Å². The minimum atomic E-state index is -3.81. The van der Waals surface area contributed by atoms with E-state index in [-0.39, 0.29) is 15.9 Å². The summed E-state index contributed by atoms with van der Waals surface area (Å²) in [6, 6.07) is 6.12. The van der Waals surface area contributed by atoms with E-state index in [1.165, 1.54) is 24.5 Å². The summed E-state index contributed by atoms with van der Waals surface area (Å²) < 4.78 is 26.4. The molecule has 0 bridgehead atoms. The van der Waals surface area contributed by atoms with E-state index in [0.717, 1.165) is 5.56 Å². The summed E-state index contributed by atoms with van der Waals surface area (Å²) in [5.74, 6) is 0.0638. The summed E-state index contributed by atoms with van der Waals surface area (Å²) in [6.07, 6.45) is 2.85. The molecule has 0 radical (unpaired) electrons. The van der Waals surface area contributed by atoms with E-state index in [1.54, 1.807) is 12.1 Å². The van der Waals surface area contributed by atoms with Gasteiger partial charge in [0, 0.05) is 18.9 Å². The second kappa shape index (κ2) is 5.52. The van der Waals surface area contributed by atoms with Crippen molar-refractivity contribution >= 4 is 27.4 Å². The van der Waals surface area contributed by atoms with E-state index in [0.29, 0.717) is 6.54 Å². The summed E-state index contributed by atoms with van der Waals surface area (Å²) in [7, 11) is -3.81. The molecule has 100 valence electrons. The standard InChI is InChI=1S/C11H11ClN4O2S/c12-9-2-1-5-14-11(9)16-19(17,18)10-4-3-8(6-13)7-15-10/h1-5,7H,6,13H2,(H,14,16). The smallest absolute Gasteiger partial charge is 0.280 e. The van der Waals surface area contributed by atoms with Crippen molar-refractivity contribution in [3.63, 3.8) is 0 Å². The molecular formula is C11H11ClN4O2S. The van der Waals surface area contributed by atoms with Gasteiger partial charge < -0.3 is 5.73 Å². The highest BCUT2D eigenvalue weighted by Crippen LogP contribution is 2.20. The highest BCUT2D eigenvalue weighted by molar-refractivity contribution is 7.92. The first kappa shape index (κ1) is 13.7. The molecule has 0 amide bonds. The molecule has 3 N–H and O–H groups in total. The van der Waals surface area contributed by atoms with Crippen molar-refractivity contribution in [1.29, 1.82) is 0 Å². The van der Waals surface area contributed by atoms with Crippen molar-refractivity contribution in [2.45, 2.75) is 11.6 Å². The average Bonchev–Trinajstić information content (AvgIpc) is 2.41. The van der Waals surface area contributed by atoms with Gasteiger partial charge in [0.1, 0.15) is 0 Å². The molecule has 0 aliphatic heterocycles. The van der Waals surface area contributed by atoms with Crippen LogP contribution in [0.15, 0.2) is 41.7 Å². The Morgan fingerprint density at radius 2 is 2.05 bits per heavy atom. The molecule has 0 aliphatic rings. The molecule has 0 saturated heterocycles.